The van der Waals surface area contributed by atoms with Crippen LogP contribution in [-0.4, -0.2) is 46.6 Å². The number of carbonyl (C=O) groups excluding carboxylic acids is 1. The van der Waals surface area contributed by atoms with E-state index in [4.69, 9.17) is 9.47 Å². The summed E-state index contributed by atoms with van der Waals surface area (Å²) in [5.41, 5.74) is 0.820. The Kier molecular flexibility index (Phi) is 7.18. The second-order valence-corrected chi connectivity index (χ2v) is 11.0. The molecule has 3 N–H and O–H groups in total. The van der Waals surface area contributed by atoms with E-state index < -0.39 is 29.2 Å². The lowest BCUT2D eigenvalue weighted by Crippen LogP contribution is -2.69. The molecule has 6 heteroatoms. The summed E-state index contributed by atoms with van der Waals surface area (Å²) in [4.78, 5) is 12.7. The van der Waals surface area contributed by atoms with E-state index in [1.54, 1.807) is 12.1 Å². The molecule has 0 amide bonds. The Morgan fingerprint density at radius 2 is 1.97 bits per heavy atom. The van der Waals surface area contributed by atoms with Gasteiger partial charge in [-0.15, -0.1) is 0 Å². The lowest BCUT2D eigenvalue weighted by atomic mass is 9.55. The number of esters is 1. The van der Waals surface area contributed by atoms with Crippen LogP contribution in [-0.2, 0) is 16.6 Å². The van der Waals surface area contributed by atoms with Crippen LogP contribution in [0.5, 0.6) is 11.5 Å². The molecule has 1 fully saturated rings. The highest BCUT2D eigenvalue weighted by Crippen LogP contribution is 2.60. The van der Waals surface area contributed by atoms with Gasteiger partial charge in [0.25, 0.3) is 0 Å². The smallest absolute Gasteiger partial charge is 0.336 e. The zero-order valence-electron chi connectivity index (χ0n) is 22.1. The molecule has 2 aliphatic carbocycles. The van der Waals surface area contributed by atoms with Crippen LogP contribution in [0.25, 0.3) is 6.08 Å². The molecule has 0 radical (unpaired) electrons. The summed E-state index contributed by atoms with van der Waals surface area (Å²) >= 11 is 0. The van der Waals surface area contributed by atoms with E-state index >= 15 is 0 Å². The molecular formula is C31H39NO5. The number of nitrogens with one attached hydrogen (secondary N) is 1. The molecule has 0 bridgehead atoms. The van der Waals surface area contributed by atoms with Crippen LogP contribution in [0.1, 0.15) is 69.6 Å². The van der Waals surface area contributed by atoms with Crippen molar-refractivity contribution in [2.45, 2.75) is 88.6 Å². The number of hydrogen-bond acceptors (Lipinski definition) is 6. The van der Waals surface area contributed by atoms with Gasteiger partial charge in [0.2, 0.25) is 0 Å². The molecule has 3 aliphatic rings. The van der Waals surface area contributed by atoms with Crippen molar-refractivity contribution >= 4 is 12.0 Å². The van der Waals surface area contributed by atoms with Gasteiger partial charge in [0.05, 0.1) is 17.1 Å². The summed E-state index contributed by atoms with van der Waals surface area (Å²) in [5.74, 6) is 0.943. The first-order chi connectivity index (χ1) is 17.8. The largest absolute Gasteiger partial charge is 0.482 e. The summed E-state index contributed by atoms with van der Waals surface area (Å²) in [5, 5.41) is 27.1. The van der Waals surface area contributed by atoms with Crippen LogP contribution in [0.15, 0.2) is 48.5 Å². The number of aliphatic hydroxyl groups excluding tert-OH is 1. The van der Waals surface area contributed by atoms with Crippen LogP contribution in [0.2, 0.25) is 0 Å². The number of carbonyl (C=O) groups is 1. The maximum absolute atomic E-state index is 12.7. The average Bonchev–Trinajstić information content (AvgIpc) is 3.24. The van der Waals surface area contributed by atoms with Gasteiger partial charge in [0, 0.05) is 17.7 Å². The highest BCUT2D eigenvalue weighted by atomic mass is 16.6. The Hall–Kier alpha value is -2.67. The molecule has 2 aromatic carbocycles. The maximum Gasteiger partial charge on any atom is 0.336 e. The predicted octanol–water partition coefficient (Wildman–Crippen LogP) is 4.55. The molecule has 1 aliphatic heterocycles. The van der Waals surface area contributed by atoms with Gasteiger partial charge in [-0.1, -0.05) is 56.7 Å². The zero-order chi connectivity index (χ0) is 26.2. The van der Waals surface area contributed by atoms with E-state index in [0.717, 1.165) is 23.2 Å². The van der Waals surface area contributed by atoms with Crippen LogP contribution in [0.4, 0.5) is 0 Å². The normalized spacial score (nSPS) is 29.4. The van der Waals surface area contributed by atoms with E-state index in [1.165, 1.54) is 25.3 Å². The van der Waals surface area contributed by atoms with E-state index in [0.29, 0.717) is 36.7 Å². The molecule has 2 aromatic rings. The Labute approximate surface area is 219 Å². The van der Waals surface area contributed by atoms with Gasteiger partial charge in [-0.3, -0.25) is 0 Å². The standard InChI is InChI=1S/C31H39NO5/c1-4-23(33)29-31(5-2)27-22(18-25(30(31,3)35)32-19-21-12-9-13-21)15-16-24(28(27)37-29)36-26(34)17-14-20-10-7-6-8-11-20/h6-8,10-11,14-17,21,23,25,29,32-33,35H,4-5,9,12-13,18-19H2,1-3H3/b17-14+. The van der Waals surface area contributed by atoms with Crippen molar-refractivity contribution < 1.29 is 24.5 Å². The Morgan fingerprint density at radius 3 is 2.62 bits per heavy atom. The monoisotopic (exact) mass is 505 g/mol. The number of aliphatic hydroxyl groups is 2. The van der Waals surface area contributed by atoms with E-state index in [-0.39, 0.29) is 6.04 Å². The molecule has 1 saturated carbocycles. The molecule has 5 unspecified atom stereocenters. The number of rotatable bonds is 9. The van der Waals surface area contributed by atoms with E-state index in [2.05, 4.69) is 5.32 Å². The minimum absolute atomic E-state index is 0.177. The number of ether oxygens (including phenoxy) is 2. The maximum atomic E-state index is 12.7. The van der Waals surface area contributed by atoms with Crippen molar-refractivity contribution in [1.29, 1.82) is 0 Å². The summed E-state index contributed by atoms with van der Waals surface area (Å²) in [6.45, 7) is 6.73. The van der Waals surface area contributed by atoms with Gasteiger partial charge in [-0.2, -0.15) is 0 Å². The third-order valence-electron chi connectivity index (χ3n) is 9.02. The highest BCUT2D eigenvalue weighted by Gasteiger charge is 2.66. The molecule has 1 heterocycles. The molecular weight excluding hydrogens is 466 g/mol. The molecule has 0 aromatic heterocycles. The molecule has 6 nitrogen and oxygen atoms in total. The van der Waals surface area contributed by atoms with E-state index in [9.17, 15) is 15.0 Å². The van der Waals surface area contributed by atoms with Crippen molar-refractivity contribution in [3.63, 3.8) is 0 Å². The summed E-state index contributed by atoms with van der Waals surface area (Å²) in [7, 11) is 0. The Balaban J connectivity index is 1.50. The highest BCUT2D eigenvalue weighted by molar-refractivity contribution is 5.89. The number of hydrogen-bond donors (Lipinski definition) is 3. The summed E-state index contributed by atoms with van der Waals surface area (Å²) in [6, 6.07) is 13.2. The van der Waals surface area contributed by atoms with Crippen molar-refractivity contribution in [2.24, 2.45) is 5.92 Å². The van der Waals surface area contributed by atoms with Gasteiger partial charge in [0.15, 0.2) is 11.5 Å². The lowest BCUT2D eigenvalue weighted by molar-refractivity contribution is -0.129. The minimum atomic E-state index is -1.18. The second-order valence-electron chi connectivity index (χ2n) is 11.0. The van der Waals surface area contributed by atoms with Crippen LogP contribution in [0, 0.1) is 5.92 Å². The lowest BCUT2D eigenvalue weighted by Gasteiger charge is -2.54. The van der Waals surface area contributed by atoms with Gasteiger partial charge in [-0.25, -0.2) is 4.79 Å². The van der Waals surface area contributed by atoms with Crippen molar-refractivity contribution in [3.05, 3.63) is 65.2 Å². The fourth-order valence-corrected chi connectivity index (χ4v) is 6.61. The Bertz CT molecular complexity index is 1160. The molecule has 198 valence electrons. The van der Waals surface area contributed by atoms with Crippen LogP contribution in [0.3, 0.4) is 0 Å². The van der Waals surface area contributed by atoms with Crippen molar-refractivity contribution in [1.82, 2.24) is 5.32 Å². The summed E-state index contributed by atoms with van der Waals surface area (Å²) in [6.07, 6.45) is 7.13. The zero-order valence-corrected chi connectivity index (χ0v) is 22.1. The third-order valence-corrected chi connectivity index (χ3v) is 9.02. The molecule has 37 heavy (non-hydrogen) atoms. The second kappa shape index (κ2) is 10.2. The molecule has 5 atom stereocenters. The van der Waals surface area contributed by atoms with Gasteiger partial charge in [0.1, 0.15) is 6.10 Å². The predicted molar refractivity (Wildman–Crippen MR) is 144 cm³/mol. The van der Waals surface area contributed by atoms with E-state index in [1.807, 2.05) is 57.2 Å². The topological polar surface area (TPSA) is 88.0 Å². The third kappa shape index (κ3) is 4.39. The van der Waals surface area contributed by atoms with Gasteiger partial charge >= 0.3 is 5.97 Å². The SMILES string of the molecule is CCC(O)C1Oc2c(OC(=O)/C=C/c3ccccc3)ccc3c2C1(CC)C(C)(O)C(NCC1CCC1)C3. The fraction of sp³-hybridized carbons (Fsp3) is 0.516. The quantitative estimate of drug-likeness (QED) is 0.263. The molecule has 0 spiro atoms. The minimum Gasteiger partial charge on any atom is -0.482 e. The summed E-state index contributed by atoms with van der Waals surface area (Å²) < 4.78 is 12.2. The van der Waals surface area contributed by atoms with Gasteiger partial charge in [-0.05, 0) is 74.8 Å². The Morgan fingerprint density at radius 1 is 1.22 bits per heavy atom. The molecule has 5 rings (SSSR count). The van der Waals surface area contributed by atoms with Gasteiger partial charge < -0.3 is 25.0 Å². The van der Waals surface area contributed by atoms with Crippen LogP contribution < -0.4 is 14.8 Å². The van der Waals surface area contributed by atoms with Crippen LogP contribution >= 0.6 is 0 Å². The first kappa shape index (κ1) is 26.0. The fourth-order valence-electron chi connectivity index (χ4n) is 6.61. The van der Waals surface area contributed by atoms with Crippen molar-refractivity contribution in [2.75, 3.05) is 6.54 Å². The first-order valence-electron chi connectivity index (χ1n) is 13.7. The first-order valence-corrected chi connectivity index (χ1v) is 13.7. The van der Waals surface area contributed by atoms with Crippen molar-refractivity contribution in [3.8, 4) is 11.5 Å². The average molecular weight is 506 g/mol. The number of benzene rings is 2. The molecule has 0 saturated heterocycles.